The van der Waals surface area contributed by atoms with Gasteiger partial charge in [-0.05, 0) is 31.0 Å². The van der Waals surface area contributed by atoms with Crippen molar-refractivity contribution in [3.63, 3.8) is 0 Å². The first-order valence-corrected chi connectivity index (χ1v) is 5.96. The molecule has 16 heavy (non-hydrogen) atoms. The first-order chi connectivity index (χ1) is 7.56. The number of hydrogen-bond donors (Lipinski definition) is 1. The summed E-state index contributed by atoms with van der Waals surface area (Å²) < 4.78 is 0. The molecule has 1 aromatic rings. The van der Waals surface area contributed by atoms with Crippen LogP contribution in [0.2, 0.25) is 5.02 Å². The molecule has 0 spiro atoms. The number of benzene rings is 1. The summed E-state index contributed by atoms with van der Waals surface area (Å²) in [5, 5.41) is 10.2. The zero-order valence-corrected chi connectivity index (χ0v) is 10.5. The van der Waals surface area contributed by atoms with Crippen molar-refractivity contribution in [1.82, 2.24) is 0 Å². The Kier molecular flexibility index (Phi) is 4.81. The smallest absolute Gasteiger partial charge is 0.166 e. The van der Waals surface area contributed by atoms with Crippen LogP contribution in [0, 0.1) is 6.92 Å². The molecule has 0 aliphatic rings. The van der Waals surface area contributed by atoms with Gasteiger partial charge >= 0.3 is 0 Å². The van der Waals surface area contributed by atoms with Crippen LogP contribution in [0.3, 0.4) is 0 Å². The zero-order valence-electron chi connectivity index (χ0n) is 9.72. The standard InChI is InChI=1S/C13H17ClO2/c1-3-4-5-6-12(15)10-8-11(14)9(2)7-13(10)16/h7-8,16H,3-6H2,1-2H3. The van der Waals surface area contributed by atoms with Crippen molar-refractivity contribution in [3.8, 4) is 5.75 Å². The van der Waals surface area contributed by atoms with Gasteiger partial charge in [-0.1, -0.05) is 31.4 Å². The van der Waals surface area contributed by atoms with Gasteiger partial charge in [-0.2, -0.15) is 0 Å². The number of hydrogen-bond acceptors (Lipinski definition) is 2. The van der Waals surface area contributed by atoms with Gasteiger partial charge in [0.1, 0.15) is 5.75 Å². The molecule has 0 atom stereocenters. The third-order valence-corrected chi connectivity index (χ3v) is 2.99. The molecule has 0 saturated carbocycles. The van der Waals surface area contributed by atoms with Gasteiger partial charge in [-0.15, -0.1) is 0 Å². The second kappa shape index (κ2) is 5.90. The Balaban J connectivity index is 2.79. The van der Waals surface area contributed by atoms with Crippen molar-refractivity contribution in [2.24, 2.45) is 0 Å². The number of phenols is 1. The molecule has 0 saturated heterocycles. The number of rotatable bonds is 5. The van der Waals surface area contributed by atoms with Crippen LogP contribution in [0.5, 0.6) is 5.75 Å². The topological polar surface area (TPSA) is 37.3 Å². The molecule has 0 aliphatic carbocycles. The lowest BCUT2D eigenvalue weighted by Gasteiger charge is -2.06. The van der Waals surface area contributed by atoms with Gasteiger partial charge < -0.3 is 5.11 Å². The van der Waals surface area contributed by atoms with Crippen LogP contribution < -0.4 is 0 Å². The van der Waals surface area contributed by atoms with Gasteiger partial charge in [-0.25, -0.2) is 0 Å². The van der Waals surface area contributed by atoms with Gasteiger partial charge in [0.15, 0.2) is 5.78 Å². The van der Waals surface area contributed by atoms with E-state index >= 15 is 0 Å². The number of phenolic OH excluding ortho intramolecular Hbond substituents is 1. The van der Waals surface area contributed by atoms with E-state index in [4.69, 9.17) is 11.6 Å². The van der Waals surface area contributed by atoms with Crippen LogP contribution in [-0.4, -0.2) is 10.9 Å². The summed E-state index contributed by atoms with van der Waals surface area (Å²) in [5.74, 6) is -0.00347. The van der Waals surface area contributed by atoms with E-state index in [1.54, 1.807) is 13.0 Å². The van der Waals surface area contributed by atoms with Crippen LogP contribution in [0.4, 0.5) is 0 Å². The average molecular weight is 241 g/mol. The SMILES string of the molecule is CCCCCC(=O)c1cc(Cl)c(C)cc1O. The van der Waals surface area contributed by atoms with Gasteiger partial charge in [0.25, 0.3) is 0 Å². The van der Waals surface area contributed by atoms with Crippen molar-refractivity contribution in [2.45, 2.75) is 39.5 Å². The Morgan fingerprint density at radius 1 is 1.38 bits per heavy atom. The Morgan fingerprint density at radius 2 is 2.06 bits per heavy atom. The summed E-state index contributed by atoms with van der Waals surface area (Å²) in [6.07, 6.45) is 3.45. The molecule has 2 nitrogen and oxygen atoms in total. The largest absolute Gasteiger partial charge is 0.507 e. The third-order valence-electron chi connectivity index (χ3n) is 2.58. The highest BCUT2D eigenvalue weighted by molar-refractivity contribution is 6.31. The molecule has 1 aromatic carbocycles. The predicted octanol–water partition coefficient (Wildman–Crippen LogP) is 4.12. The Morgan fingerprint density at radius 3 is 2.69 bits per heavy atom. The first-order valence-electron chi connectivity index (χ1n) is 5.58. The highest BCUT2D eigenvalue weighted by Crippen LogP contribution is 2.27. The first kappa shape index (κ1) is 13.0. The van der Waals surface area contributed by atoms with Gasteiger partial charge in [-0.3, -0.25) is 4.79 Å². The van der Waals surface area contributed by atoms with E-state index in [2.05, 4.69) is 6.92 Å². The fourth-order valence-corrected chi connectivity index (χ4v) is 1.72. The molecule has 1 rings (SSSR count). The van der Waals surface area contributed by atoms with Crippen LogP contribution in [0.25, 0.3) is 0 Å². The van der Waals surface area contributed by atoms with Crippen molar-refractivity contribution in [2.75, 3.05) is 0 Å². The molecule has 0 amide bonds. The molecule has 3 heteroatoms. The van der Waals surface area contributed by atoms with E-state index in [-0.39, 0.29) is 11.5 Å². The lowest BCUT2D eigenvalue weighted by molar-refractivity contribution is 0.0976. The number of carbonyl (C=O) groups is 1. The number of aryl methyl sites for hydroxylation is 1. The van der Waals surface area contributed by atoms with Crippen molar-refractivity contribution in [1.29, 1.82) is 0 Å². The molecule has 0 bridgehead atoms. The maximum atomic E-state index is 11.8. The fraction of sp³-hybridized carbons (Fsp3) is 0.462. The third kappa shape index (κ3) is 3.24. The molecule has 1 N–H and O–H groups in total. The van der Waals surface area contributed by atoms with Crippen molar-refractivity contribution < 1.29 is 9.90 Å². The van der Waals surface area contributed by atoms with E-state index in [0.717, 1.165) is 24.8 Å². The maximum absolute atomic E-state index is 11.8. The van der Waals surface area contributed by atoms with Crippen LogP contribution in [0.1, 0.15) is 48.5 Å². The summed E-state index contributed by atoms with van der Waals surface area (Å²) in [5.41, 5.74) is 1.12. The monoisotopic (exact) mass is 240 g/mol. The highest BCUT2D eigenvalue weighted by Gasteiger charge is 2.12. The van der Waals surface area contributed by atoms with Crippen LogP contribution in [0.15, 0.2) is 12.1 Å². The molecular formula is C13H17ClO2. The predicted molar refractivity (Wildman–Crippen MR) is 66.3 cm³/mol. The molecule has 0 aliphatic heterocycles. The van der Waals surface area contributed by atoms with E-state index in [1.165, 1.54) is 6.07 Å². The zero-order chi connectivity index (χ0) is 12.1. The highest BCUT2D eigenvalue weighted by atomic mass is 35.5. The van der Waals surface area contributed by atoms with Crippen LogP contribution >= 0.6 is 11.6 Å². The Hall–Kier alpha value is -1.02. The second-order valence-corrected chi connectivity index (χ2v) is 4.41. The minimum atomic E-state index is -0.0344. The lowest BCUT2D eigenvalue weighted by Crippen LogP contribution is -2.00. The minimum absolute atomic E-state index is 0.0309. The summed E-state index contributed by atoms with van der Waals surface area (Å²) in [7, 11) is 0. The summed E-state index contributed by atoms with van der Waals surface area (Å²) >= 11 is 5.93. The summed E-state index contributed by atoms with van der Waals surface area (Å²) in [6.45, 7) is 3.89. The molecule has 0 radical (unpaired) electrons. The van der Waals surface area contributed by atoms with E-state index in [0.29, 0.717) is 17.0 Å². The fourth-order valence-electron chi connectivity index (χ4n) is 1.56. The Bertz CT molecular complexity index is 386. The van der Waals surface area contributed by atoms with Crippen molar-refractivity contribution >= 4 is 17.4 Å². The lowest BCUT2D eigenvalue weighted by atomic mass is 10.0. The average Bonchev–Trinajstić information content (AvgIpc) is 2.23. The molecule has 0 aromatic heterocycles. The number of ketones is 1. The number of halogens is 1. The van der Waals surface area contributed by atoms with Gasteiger partial charge in [0, 0.05) is 11.4 Å². The molecule has 0 heterocycles. The van der Waals surface area contributed by atoms with Gasteiger partial charge in [0.2, 0.25) is 0 Å². The summed E-state index contributed by atoms with van der Waals surface area (Å²) in [6, 6.07) is 3.09. The molecule has 0 unspecified atom stereocenters. The van der Waals surface area contributed by atoms with E-state index in [9.17, 15) is 9.90 Å². The number of carbonyl (C=O) groups excluding carboxylic acids is 1. The normalized spacial score (nSPS) is 10.4. The van der Waals surface area contributed by atoms with Crippen LogP contribution in [-0.2, 0) is 0 Å². The molecular weight excluding hydrogens is 224 g/mol. The Labute approximate surface area is 101 Å². The van der Waals surface area contributed by atoms with E-state index < -0.39 is 0 Å². The molecule has 88 valence electrons. The quantitative estimate of drug-likeness (QED) is 0.621. The number of unbranched alkanes of at least 4 members (excludes halogenated alkanes) is 2. The minimum Gasteiger partial charge on any atom is -0.507 e. The number of aromatic hydroxyl groups is 1. The molecule has 0 fully saturated rings. The van der Waals surface area contributed by atoms with Gasteiger partial charge in [0.05, 0.1) is 5.56 Å². The van der Waals surface area contributed by atoms with Crippen molar-refractivity contribution in [3.05, 3.63) is 28.3 Å². The number of Topliss-reactive ketones (excluding diaryl/α,β-unsaturated/α-hetero) is 1. The maximum Gasteiger partial charge on any atom is 0.166 e. The summed E-state index contributed by atoms with van der Waals surface area (Å²) in [4.78, 5) is 11.8. The van der Waals surface area contributed by atoms with E-state index in [1.807, 2.05) is 0 Å². The second-order valence-electron chi connectivity index (χ2n) is 4.00.